The highest BCUT2D eigenvalue weighted by Crippen LogP contribution is 2.23. The predicted octanol–water partition coefficient (Wildman–Crippen LogP) is 3.71. The standard InChI is InChI=1S/C17H32N2O2/c1-5-6-7-8-9-10-15(18)14-11-12-19(13-14)16(20)21-17(2,3)4/h5,14-15H,1,6-13,18H2,2-4H3. The van der Waals surface area contributed by atoms with Gasteiger partial charge in [-0.1, -0.05) is 18.9 Å². The lowest BCUT2D eigenvalue weighted by molar-refractivity contribution is 0.0286. The molecule has 2 unspecified atom stereocenters. The summed E-state index contributed by atoms with van der Waals surface area (Å²) >= 11 is 0. The molecule has 1 saturated heterocycles. The molecule has 1 aliphatic heterocycles. The summed E-state index contributed by atoms with van der Waals surface area (Å²) in [7, 11) is 0. The second kappa shape index (κ2) is 8.42. The van der Waals surface area contributed by atoms with Gasteiger partial charge >= 0.3 is 6.09 Å². The number of hydrogen-bond donors (Lipinski definition) is 1. The first-order chi connectivity index (χ1) is 9.83. The lowest BCUT2D eigenvalue weighted by Crippen LogP contribution is -2.37. The number of ether oxygens (including phenoxy) is 1. The van der Waals surface area contributed by atoms with Gasteiger partial charge in [0.1, 0.15) is 5.60 Å². The molecular weight excluding hydrogens is 264 g/mol. The summed E-state index contributed by atoms with van der Waals surface area (Å²) in [6.45, 7) is 10.9. The number of carbonyl (C=O) groups excluding carboxylic acids is 1. The van der Waals surface area contributed by atoms with Gasteiger partial charge in [-0.2, -0.15) is 0 Å². The van der Waals surface area contributed by atoms with E-state index < -0.39 is 5.60 Å². The van der Waals surface area contributed by atoms with E-state index in [4.69, 9.17) is 10.5 Å². The molecule has 1 aliphatic rings. The van der Waals surface area contributed by atoms with Gasteiger partial charge in [0.05, 0.1) is 0 Å². The van der Waals surface area contributed by atoms with Crippen molar-refractivity contribution in [2.45, 2.75) is 70.9 Å². The van der Waals surface area contributed by atoms with Crippen LogP contribution in [0.4, 0.5) is 4.79 Å². The Morgan fingerprint density at radius 1 is 1.43 bits per heavy atom. The number of amides is 1. The van der Waals surface area contributed by atoms with E-state index in [0.717, 1.165) is 38.8 Å². The molecule has 0 bridgehead atoms. The van der Waals surface area contributed by atoms with Gasteiger partial charge in [0.25, 0.3) is 0 Å². The number of likely N-dealkylation sites (tertiary alicyclic amines) is 1. The van der Waals surface area contributed by atoms with Crippen molar-refractivity contribution in [2.24, 2.45) is 11.7 Å². The van der Waals surface area contributed by atoms with E-state index in [0.29, 0.717) is 5.92 Å². The summed E-state index contributed by atoms with van der Waals surface area (Å²) in [4.78, 5) is 13.8. The highest BCUT2D eigenvalue weighted by Gasteiger charge is 2.32. The minimum absolute atomic E-state index is 0.196. The molecule has 0 saturated carbocycles. The predicted molar refractivity (Wildman–Crippen MR) is 87.2 cm³/mol. The van der Waals surface area contributed by atoms with Crippen molar-refractivity contribution in [1.29, 1.82) is 0 Å². The van der Waals surface area contributed by atoms with Gasteiger partial charge in [-0.25, -0.2) is 4.79 Å². The summed E-state index contributed by atoms with van der Waals surface area (Å²) in [5, 5.41) is 0. The van der Waals surface area contributed by atoms with E-state index in [-0.39, 0.29) is 12.1 Å². The Morgan fingerprint density at radius 2 is 2.14 bits per heavy atom. The fourth-order valence-corrected chi connectivity index (χ4v) is 2.71. The number of rotatable bonds is 7. The fraction of sp³-hybridized carbons (Fsp3) is 0.824. The lowest BCUT2D eigenvalue weighted by atomic mass is 9.94. The number of nitrogens with two attached hydrogens (primary N) is 1. The van der Waals surface area contributed by atoms with Gasteiger partial charge in [0.15, 0.2) is 0 Å². The number of nitrogens with zero attached hydrogens (tertiary/aromatic N) is 1. The van der Waals surface area contributed by atoms with E-state index in [1.165, 1.54) is 12.8 Å². The first-order valence-electron chi connectivity index (χ1n) is 8.18. The van der Waals surface area contributed by atoms with Crippen molar-refractivity contribution in [2.75, 3.05) is 13.1 Å². The molecule has 0 aromatic carbocycles. The normalized spacial score (nSPS) is 20.4. The summed E-state index contributed by atoms with van der Waals surface area (Å²) in [6, 6.07) is 0.196. The lowest BCUT2D eigenvalue weighted by Gasteiger charge is -2.25. The van der Waals surface area contributed by atoms with Crippen molar-refractivity contribution < 1.29 is 9.53 Å². The number of allylic oxidation sites excluding steroid dienone is 1. The molecule has 1 rings (SSSR count). The zero-order chi connectivity index (χ0) is 15.9. The molecule has 4 nitrogen and oxygen atoms in total. The smallest absolute Gasteiger partial charge is 0.410 e. The average molecular weight is 296 g/mol. The zero-order valence-electron chi connectivity index (χ0n) is 13.9. The van der Waals surface area contributed by atoms with Crippen LogP contribution in [-0.2, 0) is 4.74 Å². The van der Waals surface area contributed by atoms with Crippen LogP contribution in [0.15, 0.2) is 12.7 Å². The molecule has 122 valence electrons. The van der Waals surface area contributed by atoms with Gasteiger partial charge in [0.2, 0.25) is 0 Å². The molecular formula is C17H32N2O2. The van der Waals surface area contributed by atoms with Gasteiger partial charge in [0, 0.05) is 19.1 Å². The van der Waals surface area contributed by atoms with Crippen LogP contribution in [0, 0.1) is 5.92 Å². The molecule has 0 aromatic rings. The second-order valence-electron chi connectivity index (χ2n) is 7.07. The van der Waals surface area contributed by atoms with Crippen LogP contribution in [0.5, 0.6) is 0 Å². The van der Waals surface area contributed by atoms with Gasteiger partial charge in [-0.15, -0.1) is 6.58 Å². The quantitative estimate of drug-likeness (QED) is 0.575. The highest BCUT2D eigenvalue weighted by molar-refractivity contribution is 5.68. The third-order valence-corrected chi connectivity index (χ3v) is 3.93. The number of carbonyl (C=O) groups is 1. The monoisotopic (exact) mass is 296 g/mol. The SMILES string of the molecule is C=CCCCCCC(N)C1CCN(C(=O)OC(C)(C)C)C1. The van der Waals surface area contributed by atoms with E-state index in [9.17, 15) is 4.79 Å². The van der Waals surface area contributed by atoms with Crippen molar-refractivity contribution in [1.82, 2.24) is 4.90 Å². The van der Waals surface area contributed by atoms with Crippen LogP contribution < -0.4 is 5.73 Å². The average Bonchev–Trinajstić information content (AvgIpc) is 2.86. The van der Waals surface area contributed by atoms with Crippen molar-refractivity contribution >= 4 is 6.09 Å². The summed E-state index contributed by atoms with van der Waals surface area (Å²) < 4.78 is 5.41. The van der Waals surface area contributed by atoms with Crippen LogP contribution in [0.3, 0.4) is 0 Å². The molecule has 1 heterocycles. The summed E-state index contributed by atoms with van der Waals surface area (Å²) in [6.07, 6.45) is 8.46. The Hall–Kier alpha value is -1.03. The van der Waals surface area contributed by atoms with Gasteiger partial charge in [-0.3, -0.25) is 0 Å². The Labute approximate surface area is 129 Å². The molecule has 2 N–H and O–H groups in total. The molecule has 0 aliphatic carbocycles. The van der Waals surface area contributed by atoms with Crippen molar-refractivity contribution in [3.63, 3.8) is 0 Å². The molecule has 1 fully saturated rings. The largest absolute Gasteiger partial charge is 0.444 e. The maximum Gasteiger partial charge on any atom is 0.410 e. The van der Waals surface area contributed by atoms with Crippen LogP contribution in [0.2, 0.25) is 0 Å². The first kappa shape index (κ1) is 18.0. The summed E-state index contributed by atoms with van der Waals surface area (Å²) in [5.41, 5.74) is 5.86. The molecule has 2 atom stereocenters. The minimum Gasteiger partial charge on any atom is -0.444 e. The van der Waals surface area contributed by atoms with E-state index >= 15 is 0 Å². The maximum absolute atomic E-state index is 12.0. The molecule has 21 heavy (non-hydrogen) atoms. The third kappa shape index (κ3) is 6.98. The summed E-state index contributed by atoms with van der Waals surface area (Å²) in [5.74, 6) is 0.414. The Morgan fingerprint density at radius 3 is 2.76 bits per heavy atom. The molecule has 0 spiro atoms. The highest BCUT2D eigenvalue weighted by atomic mass is 16.6. The molecule has 4 heteroatoms. The third-order valence-electron chi connectivity index (χ3n) is 3.93. The topological polar surface area (TPSA) is 55.6 Å². The zero-order valence-corrected chi connectivity index (χ0v) is 13.9. The Balaban J connectivity index is 2.26. The van der Waals surface area contributed by atoms with Gasteiger partial charge in [-0.05, 0) is 52.4 Å². The van der Waals surface area contributed by atoms with Crippen molar-refractivity contribution in [3.05, 3.63) is 12.7 Å². The number of unbranched alkanes of at least 4 members (excludes halogenated alkanes) is 3. The Kier molecular flexibility index (Phi) is 7.23. The van der Waals surface area contributed by atoms with Crippen LogP contribution in [-0.4, -0.2) is 35.7 Å². The fourth-order valence-electron chi connectivity index (χ4n) is 2.71. The Bertz CT molecular complexity index is 336. The second-order valence-corrected chi connectivity index (χ2v) is 7.07. The maximum atomic E-state index is 12.0. The first-order valence-corrected chi connectivity index (χ1v) is 8.18. The van der Waals surface area contributed by atoms with Crippen LogP contribution in [0.1, 0.15) is 59.3 Å². The molecule has 1 amide bonds. The van der Waals surface area contributed by atoms with E-state index in [1.54, 1.807) is 4.90 Å². The molecule has 0 aromatic heterocycles. The van der Waals surface area contributed by atoms with Gasteiger partial charge < -0.3 is 15.4 Å². The van der Waals surface area contributed by atoms with E-state index in [2.05, 4.69) is 6.58 Å². The van der Waals surface area contributed by atoms with Crippen LogP contribution >= 0.6 is 0 Å². The number of hydrogen-bond acceptors (Lipinski definition) is 3. The van der Waals surface area contributed by atoms with Crippen molar-refractivity contribution in [3.8, 4) is 0 Å². The van der Waals surface area contributed by atoms with E-state index in [1.807, 2.05) is 26.8 Å². The van der Waals surface area contributed by atoms with Crippen LogP contribution in [0.25, 0.3) is 0 Å². The molecule has 0 radical (unpaired) electrons. The minimum atomic E-state index is -0.428.